The third-order valence-electron chi connectivity index (χ3n) is 2.72. The predicted molar refractivity (Wildman–Crippen MR) is 81.6 cm³/mol. The van der Waals surface area contributed by atoms with Crippen LogP contribution in [0.15, 0.2) is 29.2 Å². The topological polar surface area (TPSA) is 119 Å². The SMILES string of the molecule is CC(C)(C)OC(=O)NC(CCO)c1ccc(S(N)(=O)=O)cc1. The Labute approximate surface area is 130 Å². The minimum absolute atomic E-state index is 0.0173. The summed E-state index contributed by atoms with van der Waals surface area (Å²) in [5.41, 5.74) is 0.0121. The fraction of sp³-hybridized carbons (Fsp3) is 0.500. The number of rotatable bonds is 5. The average molecular weight is 330 g/mol. The van der Waals surface area contributed by atoms with Crippen molar-refractivity contribution in [2.75, 3.05) is 6.61 Å². The van der Waals surface area contributed by atoms with Crippen molar-refractivity contribution in [1.29, 1.82) is 0 Å². The summed E-state index contributed by atoms with van der Waals surface area (Å²) in [6.07, 6.45) is -0.338. The third-order valence-corrected chi connectivity index (χ3v) is 3.65. The summed E-state index contributed by atoms with van der Waals surface area (Å²) in [7, 11) is -3.77. The standard InChI is InChI=1S/C14H22N2O5S/c1-14(2,3)21-13(18)16-12(8-9-17)10-4-6-11(7-5-10)22(15,19)20/h4-7,12,17H,8-9H2,1-3H3,(H,16,18)(H2,15,19,20). The van der Waals surface area contributed by atoms with Gasteiger partial charge in [-0.1, -0.05) is 12.1 Å². The minimum Gasteiger partial charge on any atom is -0.444 e. The summed E-state index contributed by atoms with van der Waals surface area (Å²) < 4.78 is 27.6. The molecule has 1 aromatic carbocycles. The van der Waals surface area contributed by atoms with Crippen LogP contribution in [0.5, 0.6) is 0 Å². The van der Waals surface area contributed by atoms with Crippen molar-refractivity contribution < 1.29 is 23.1 Å². The zero-order chi connectivity index (χ0) is 17.0. The van der Waals surface area contributed by atoms with Crippen LogP contribution in [0.25, 0.3) is 0 Å². The summed E-state index contributed by atoms with van der Waals surface area (Å²) >= 11 is 0. The molecule has 0 aliphatic carbocycles. The maximum absolute atomic E-state index is 11.8. The molecule has 0 fully saturated rings. The van der Waals surface area contributed by atoms with Gasteiger partial charge >= 0.3 is 6.09 Å². The van der Waals surface area contributed by atoms with Crippen molar-refractivity contribution >= 4 is 16.1 Å². The molecule has 0 saturated heterocycles. The molecule has 0 radical (unpaired) electrons. The van der Waals surface area contributed by atoms with Crippen LogP contribution in [-0.2, 0) is 14.8 Å². The van der Waals surface area contributed by atoms with Crippen molar-refractivity contribution in [2.45, 2.75) is 43.7 Å². The number of aliphatic hydroxyl groups is 1. The first-order chi connectivity index (χ1) is 10.0. The molecule has 124 valence electrons. The van der Waals surface area contributed by atoms with E-state index in [-0.39, 0.29) is 17.9 Å². The van der Waals surface area contributed by atoms with Gasteiger partial charge in [0.05, 0.1) is 10.9 Å². The lowest BCUT2D eigenvalue weighted by molar-refractivity contribution is 0.0496. The first kappa shape index (κ1) is 18.4. The molecule has 0 aliphatic heterocycles. The Morgan fingerprint density at radius 2 is 1.86 bits per heavy atom. The molecule has 1 rings (SSSR count). The first-order valence-electron chi connectivity index (χ1n) is 6.76. The zero-order valence-corrected chi connectivity index (χ0v) is 13.7. The van der Waals surface area contributed by atoms with Crippen molar-refractivity contribution in [3.63, 3.8) is 0 Å². The first-order valence-corrected chi connectivity index (χ1v) is 8.31. The van der Waals surface area contributed by atoms with Gasteiger partial charge in [-0.3, -0.25) is 0 Å². The number of benzene rings is 1. The van der Waals surface area contributed by atoms with Gasteiger partial charge in [-0.15, -0.1) is 0 Å². The Morgan fingerprint density at radius 1 is 1.32 bits per heavy atom. The van der Waals surface area contributed by atoms with E-state index < -0.39 is 27.8 Å². The number of hydrogen-bond acceptors (Lipinski definition) is 5. The lowest BCUT2D eigenvalue weighted by Gasteiger charge is -2.23. The van der Waals surface area contributed by atoms with Crippen LogP contribution in [-0.4, -0.2) is 31.8 Å². The van der Waals surface area contributed by atoms with E-state index in [4.69, 9.17) is 15.0 Å². The summed E-state index contributed by atoms with van der Waals surface area (Å²) in [6, 6.07) is 5.29. The number of alkyl carbamates (subject to hydrolysis) is 1. The highest BCUT2D eigenvalue weighted by molar-refractivity contribution is 7.89. The van der Waals surface area contributed by atoms with E-state index in [9.17, 15) is 13.2 Å². The van der Waals surface area contributed by atoms with Crippen LogP contribution in [0.1, 0.15) is 38.8 Å². The van der Waals surface area contributed by atoms with Crippen LogP contribution in [0.2, 0.25) is 0 Å². The van der Waals surface area contributed by atoms with Crippen molar-refractivity contribution in [3.05, 3.63) is 29.8 Å². The molecule has 0 aliphatic rings. The van der Waals surface area contributed by atoms with E-state index >= 15 is 0 Å². The smallest absolute Gasteiger partial charge is 0.408 e. The van der Waals surface area contributed by atoms with Crippen LogP contribution in [0.4, 0.5) is 4.79 Å². The minimum atomic E-state index is -3.77. The van der Waals surface area contributed by atoms with E-state index in [0.29, 0.717) is 5.56 Å². The number of amides is 1. The van der Waals surface area contributed by atoms with Gasteiger partial charge in [0, 0.05) is 6.61 Å². The Hall–Kier alpha value is -1.64. The molecule has 7 nitrogen and oxygen atoms in total. The predicted octanol–water partition coefficient (Wildman–Crippen LogP) is 1.28. The van der Waals surface area contributed by atoms with E-state index in [1.807, 2.05) is 0 Å². The molecule has 1 atom stereocenters. The molecular weight excluding hydrogens is 308 g/mol. The van der Waals surface area contributed by atoms with Gasteiger partial charge in [0.2, 0.25) is 10.0 Å². The summed E-state index contributed by atoms with van der Waals surface area (Å²) in [5.74, 6) is 0. The van der Waals surface area contributed by atoms with Crippen LogP contribution >= 0.6 is 0 Å². The highest BCUT2D eigenvalue weighted by Crippen LogP contribution is 2.19. The molecule has 0 aromatic heterocycles. The number of ether oxygens (including phenoxy) is 1. The number of nitrogens with one attached hydrogen (secondary N) is 1. The summed E-state index contributed by atoms with van der Waals surface area (Å²) in [4.78, 5) is 11.8. The normalized spacial score (nSPS) is 13.5. The van der Waals surface area contributed by atoms with Gasteiger partial charge in [-0.05, 0) is 44.9 Å². The van der Waals surface area contributed by atoms with Crippen LogP contribution in [0.3, 0.4) is 0 Å². The Kier molecular flexibility index (Phi) is 5.92. The second-order valence-corrected chi connectivity index (χ2v) is 7.39. The monoisotopic (exact) mass is 330 g/mol. The van der Waals surface area contributed by atoms with Crippen molar-refractivity contribution in [3.8, 4) is 0 Å². The highest BCUT2D eigenvalue weighted by Gasteiger charge is 2.20. The number of aliphatic hydroxyl groups excluding tert-OH is 1. The molecule has 22 heavy (non-hydrogen) atoms. The maximum atomic E-state index is 11.8. The third kappa shape index (κ3) is 6.00. The number of carbonyl (C=O) groups excluding carboxylic acids is 1. The summed E-state index contributed by atoms with van der Waals surface area (Å²) in [6.45, 7) is 5.09. The van der Waals surface area contributed by atoms with Gasteiger partial charge < -0.3 is 15.2 Å². The maximum Gasteiger partial charge on any atom is 0.408 e. The molecule has 0 heterocycles. The molecule has 1 aromatic rings. The Morgan fingerprint density at radius 3 is 2.27 bits per heavy atom. The Bertz CT molecular complexity index is 605. The molecule has 4 N–H and O–H groups in total. The average Bonchev–Trinajstić information content (AvgIpc) is 2.35. The number of carbonyl (C=O) groups is 1. The molecule has 0 bridgehead atoms. The quantitative estimate of drug-likeness (QED) is 0.751. The molecule has 1 unspecified atom stereocenters. The van der Waals surface area contributed by atoms with Crippen LogP contribution in [0, 0.1) is 0 Å². The highest BCUT2D eigenvalue weighted by atomic mass is 32.2. The van der Waals surface area contributed by atoms with Gasteiger partial charge in [-0.2, -0.15) is 0 Å². The van der Waals surface area contributed by atoms with Crippen LogP contribution < -0.4 is 10.5 Å². The molecule has 0 saturated carbocycles. The number of hydrogen-bond donors (Lipinski definition) is 3. The zero-order valence-electron chi connectivity index (χ0n) is 12.9. The van der Waals surface area contributed by atoms with Crippen molar-refractivity contribution in [2.24, 2.45) is 5.14 Å². The second-order valence-electron chi connectivity index (χ2n) is 5.83. The summed E-state index contributed by atoms with van der Waals surface area (Å²) in [5, 5.41) is 16.8. The number of sulfonamides is 1. The lowest BCUT2D eigenvalue weighted by atomic mass is 10.0. The van der Waals surface area contributed by atoms with E-state index in [1.54, 1.807) is 20.8 Å². The van der Waals surface area contributed by atoms with E-state index in [1.165, 1.54) is 24.3 Å². The van der Waals surface area contributed by atoms with Gasteiger partial charge in [-0.25, -0.2) is 18.4 Å². The van der Waals surface area contributed by atoms with Crippen molar-refractivity contribution in [1.82, 2.24) is 5.32 Å². The fourth-order valence-electron chi connectivity index (χ4n) is 1.79. The Balaban J connectivity index is 2.89. The van der Waals surface area contributed by atoms with E-state index in [2.05, 4.69) is 5.32 Å². The second kappa shape index (κ2) is 7.08. The number of nitrogens with two attached hydrogens (primary N) is 1. The molecular formula is C14H22N2O5S. The van der Waals surface area contributed by atoms with E-state index in [0.717, 1.165) is 0 Å². The largest absolute Gasteiger partial charge is 0.444 e. The van der Waals surface area contributed by atoms with Gasteiger partial charge in [0.1, 0.15) is 5.60 Å². The van der Waals surface area contributed by atoms with Gasteiger partial charge in [0.15, 0.2) is 0 Å². The molecule has 1 amide bonds. The van der Waals surface area contributed by atoms with Gasteiger partial charge in [0.25, 0.3) is 0 Å². The number of primary sulfonamides is 1. The molecule has 0 spiro atoms. The molecule has 8 heteroatoms. The fourth-order valence-corrected chi connectivity index (χ4v) is 2.31. The lowest BCUT2D eigenvalue weighted by Crippen LogP contribution is -2.35.